The molecule has 0 aromatic rings. The third kappa shape index (κ3) is 16.6. The molecule has 3 amide bonds. The van der Waals surface area contributed by atoms with Crippen molar-refractivity contribution in [3.63, 3.8) is 0 Å². The summed E-state index contributed by atoms with van der Waals surface area (Å²) >= 11 is 0. The fourth-order valence-electron chi connectivity index (χ4n) is 3.53. The third-order valence-corrected chi connectivity index (χ3v) is 5.31. The van der Waals surface area contributed by atoms with Crippen LogP contribution in [0.1, 0.15) is 61.3 Å². The van der Waals surface area contributed by atoms with Crippen LogP contribution < -0.4 is 16.0 Å². The van der Waals surface area contributed by atoms with Gasteiger partial charge in [-0.3, -0.25) is 9.59 Å². The average Bonchev–Trinajstić information content (AvgIpc) is 3.50. The van der Waals surface area contributed by atoms with E-state index in [-0.39, 0.29) is 41.2 Å². The third-order valence-electron chi connectivity index (χ3n) is 5.31. The monoisotopic (exact) mass is 571 g/mol. The van der Waals surface area contributed by atoms with Crippen LogP contribution in [-0.4, -0.2) is 53.3 Å². The number of rotatable bonds is 11. The van der Waals surface area contributed by atoms with E-state index < -0.39 is 35.8 Å². The molecule has 2 saturated carbocycles. The minimum absolute atomic E-state index is 0. The largest absolute Gasteiger partial charge is 2.00 e. The zero-order valence-corrected chi connectivity index (χ0v) is 24.7. The van der Waals surface area contributed by atoms with E-state index in [0.29, 0.717) is 13.0 Å². The van der Waals surface area contributed by atoms with E-state index in [4.69, 9.17) is 4.74 Å². The summed E-state index contributed by atoms with van der Waals surface area (Å²) in [7, 11) is 0. The molecule has 2 aliphatic rings. The maximum absolute atomic E-state index is 12.6. The van der Waals surface area contributed by atoms with Crippen LogP contribution in [0.25, 0.3) is 0 Å². The summed E-state index contributed by atoms with van der Waals surface area (Å²) in [6.07, 6.45) is 16.1. The number of hydrogen-bond acceptors (Lipinski definition) is 5. The fourth-order valence-corrected chi connectivity index (χ4v) is 3.53. The maximum Gasteiger partial charge on any atom is 2.00 e. The molecule has 2 aliphatic carbocycles. The molecule has 0 saturated heterocycles. The minimum Gasteiger partial charge on any atom is -0.444 e. The van der Waals surface area contributed by atoms with Crippen molar-refractivity contribution in [1.29, 1.82) is 0 Å². The number of carbonyl (C=O) groups excluding carboxylic acids is 3. The summed E-state index contributed by atoms with van der Waals surface area (Å²) in [4.78, 5) is 37.4. The molecular weight excluding hydrogens is 526 g/mol. The van der Waals surface area contributed by atoms with Crippen molar-refractivity contribution in [3.05, 3.63) is 63.7 Å². The van der Waals surface area contributed by atoms with Gasteiger partial charge in [0.25, 0.3) is 0 Å². The molecule has 0 spiro atoms. The van der Waals surface area contributed by atoms with Crippen molar-refractivity contribution in [3.8, 4) is 0 Å². The Hall–Kier alpha value is -1.31. The van der Waals surface area contributed by atoms with Gasteiger partial charge in [0, 0.05) is 12.5 Å². The van der Waals surface area contributed by atoms with E-state index in [2.05, 4.69) is 16.0 Å². The average molecular weight is 572 g/mol. The molecule has 0 aromatic heterocycles. The van der Waals surface area contributed by atoms with Crippen molar-refractivity contribution < 1.29 is 41.3 Å². The predicted octanol–water partition coefficient (Wildman–Crippen LogP) is 3.36. The number of aliphatic hydroxyl groups is 1. The van der Waals surface area contributed by atoms with Crippen molar-refractivity contribution in [2.24, 2.45) is 11.8 Å². The van der Waals surface area contributed by atoms with Crippen LogP contribution in [0.15, 0.2) is 0 Å². The van der Waals surface area contributed by atoms with Crippen LogP contribution >= 0.6 is 0 Å². The minimum atomic E-state index is -1.12. The van der Waals surface area contributed by atoms with Crippen LogP contribution in [0, 0.1) is 75.5 Å². The first kappa shape index (κ1) is 36.7. The zero-order chi connectivity index (χ0) is 28.0. The standard InChI is InChI=1S/C24H40N3O5.C5H5.Fe/c1-15(2)12-18(26-23(31)32-24(5,6)7)19(28)13-20(29)27-21(16(3)4)22(30)25-14-17-10-8-9-11-17;1-2-4-5-3-1;/h8-11,15-16,18-19,21,28H,12-14H2,1-7H3,(H,25,30)(H,26,31)(H,27,29);1-5H;/q;;+2/t18-,19-,21-;;/m0../s1. The Morgan fingerprint density at radius 1 is 0.895 bits per heavy atom. The van der Waals surface area contributed by atoms with Gasteiger partial charge in [-0.05, 0) is 96.8 Å². The summed E-state index contributed by atoms with van der Waals surface area (Å²) in [5.74, 6) is 0.279. The SMILES string of the molecule is CC(C)C[C@H](NC(=O)OC(C)(C)C)[C@@H](O)CC(=O)N[C@H](C(=O)NC[C]1[CH][CH][CH][CH]1)C(C)C.[CH]1[CH][CH][CH][CH]1.[Fe+2]. The fraction of sp³-hybridized carbons (Fsp3) is 0.552. The van der Waals surface area contributed by atoms with Gasteiger partial charge in [0.05, 0.1) is 18.6 Å². The number of alkyl carbamates (subject to hydrolysis) is 1. The summed E-state index contributed by atoms with van der Waals surface area (Å²) in [6.45, 7) is 13.2. The molecule has 212 valence electrons. The van der Waals surface area contributed by atoms with Crippen molar-refractivity contribution in [2.45, 2.75) is 85.1 Å². The molecule has 0 heterocycles. The van der Waals surface area contributed by atoms with Crippen LogP contribution in [0.2, 0.25) is 0 Å². The van der Waals surface area contributed by atoms with E-state index in [1.807, 2.05) is 85.5 Å². The van der Waals surface area contributed by atoms with Crippen LogP contribution in [0.4, 0.5) is 4.79 Å². The molecule has 9 heteroatoms. The van der Waals surface area contributed by atoms with Crippen molar-refractivity contribution >= 4 is 17.9 Å². The van der Waals surface area contributed by atoms with Gasteiger partial charge in [-0.15, -0.1) is 0 Å². The van der Waals surface area contributed by atoms with Gasteiger partial charge in [-0.1, -0.05) is 27.7 Å². The molecule has 8 nitrogen and oxygen atoms in total. The summed E-state index contributed by atoms with van der Waals surface area (Å²) < 4.78 is 5.28. The second-order valence-corrected chi connectivity index (χ2v) is 10.9. The molecular formula is C29H45FeN3O5+2. The normalized spacial score (nSPS) is 18.1. The summed E-state index contributed by atoms with van der Waals surface area (Å²) in [6, 6.07) is -1.38. The molecule has 0 aliphatic heterocycles. The number of ether oxygens (including phenoxy) is 1. The molecule has 0 aromatic carbocycles. The van der Waals surface area contributed by atoms with Gasteiger partial charge < -0.3 is 25.8 Å². The Morgan fingerprint density at radius 2 is 1.42 bits per heavy atom. The van der Waals surface area contributed by atoms with Gasteiger partial charge in [-0.2, -0.15) is 0 Å². The van der Waals surface area contributed by atoms with Gasteiger partial charge in [-0.25, -0.2) is 4.79 Å². The number of hydrogen-bond donors (Lipinski definition) is 4. The molecule has 0 bridgehead atoms. The Morgan fingerprint density at radius 3 is 1.87 bits per heavy atom. The number of carbonyl (C=O) groups is 3. The maximum atomic E-state index is 12.6. The van der Waals surface area contributed by atoms with E-state index in [9.17, 15) is 19.5 Å². The van der Waals surface area contributed by atoms with Crippen LogP contribution in [-0.2, 0) is 31.4 Å². The van der Waals surface area contributed by atoms with Gasteiger partial charge in [0.15, 0.2) is 0 Å². The van der Waals surface area contributed by atoms with Crippen molar-refractivity contribution in [1.82, 2.24) is 16.0 Å². The topological polar surface area (TPSA) is 117 Å². The Balaban J connectivity index is 0.00000203. The zero-order valence-electron chi connectivity index (χ0n) is 23.6. The molecule has 0 unspecified atom stereocenters. The number of amides is 3. The van der Waals surface area contributed by atoms with Crippen LogP contribution in [0.3, 0.4) is 0 Å². The predicted molar refractivity (Wildman–Crippen MR) is 145 cm³/mol. The first-order chi connectivity index (χ1) is 17.3. The molecule has 4 N–H and O–H groups in total. The van der Waals surface area contributed by atoms with Gasteiger partial charge in [0.1, 0.15) is 11.6 Å². The van der Waals surface area contributed by atoms with E-state index in [1.165, 1.54) is 0 Å². The molecule has 10 radical (unpaired) electrons. The summed E-state index contributed by atoms with van der Waals surface area (Å²) in [5.41, 5.74) is -0.672. The van der Waals surface area contributed by atoms with Gasteiger partial charge >= 0.3 is 23.2 Å². The van der Waals surface area contributed by atoms with E-state index >= 15 is 0 Å². The molecule has 2 rings (SSSR count). The number of aliphatic hydroxyl groups excluding tert-OH is 1. The molecule has 38 heavy (non-hydrogen) atoms. The van der Waals surface area contributed by atoms with E-state index in [1.54, 1.807) is 20.8 Å². The number of nitrogens with one attached hydrogen (secondary N) is 3. The Bertz CT molecular complexity index is 679. The Kier molecular flexibility index (Phi) is 18.2. The quantitative estimate of drug-likeness (QED) is 0.284. The second-order valence-electron chi connectivity index (χ2n) is 10.9. The summed E-state index contributed by atoms with van der Waals surface area (Å²) in [5, 5.41) is 18.9. The van der Waals surface area contributed by atoms with Crippen molar-refractivity contribution in [2.75, 3.05) is 6.54 Å². The van der Waals surface area contributed by atoms with E-state index in [0.717, 1.165) is 5.92 Å². The molecule has 3 atom stereocenters. The van der Waals surface area contributed by atoms with Gasteiger partial charge in [0.2, 0.25) is 11.8 Å². The second kappa shape index (κ2) is 18.9. The Labute approximate surface area is 242 Å². The first-order valence-electron chi connectivity index (χ1n) is 12.9. The molecule has 2 fully saturated rings. The first-order valence-corrected chi connectivity index (χ1v) is 12.9. The smallest absolute Gasteiger partial charge is 0.444 e. The van der Waals surface area contributed by atoms with Crippen LogP contribution in [0.5, 0.6) is 0 Å².